The molecular weight excluding hydrogens is 164 g/mol. The van der Waals surface area contributed by atoms with Crippen LogP contribution < -0.4 is 11.5 Å². The molecule has 4 heteroatoms. The molecule has 0 saturated carbocycles. The average Bonchev–Trinajstić information content (AvgIpc) is 2.16. The molecule has 0 aromatic rings. The highest BCUT2D eigenvalue weighted by Gasteiger charge is 2.13. The molecule has 0 atom stereocenters. The molecule has 1 aliphatic rings. The van der Waals surface area contributed by atoms with Gasteiger partial charge in [0.1, 0.15) is 0 Å². The summed E-state index contributed by atoms with van der Waals surface area (Å²) in [6.45, 7) is 4.19. The zero-order chi connectivity index (χ0) is 9.68. The summed E-state index contributed by atoms with van der Waals surface area (Å²) in [5, 5.41) is 0. The Labute approximate surface area is 79.5 Å². The minimum atomic E-state index is 1.01. The summed E-state index contributed by atoms with van der Waals surface area (Å²) in [5.74, 6) is 0. The zero-order valence-corrected chi connectivity index (χ0v) is 8.11. The van der Waals surface area contributed by atoms with Crippen LogP contribution in [-0.4, -0.2) is 43.0 Å². The van der Waals surface area contributed by atoms with E-state index in [0.717, 1.165) is 31.9 Å². The Hall–Kier alpha value is -1.16. The second kappa shape index (κ2) is 4.77. The van der Waals surface area contributed by atoms with Gasteiger partial charge in [-0.2, -0.15) is 0 Å². The molecule has 4 nitrogen and oxygen atoms in total. The highest BCUT2D eigenvalue weighted by atomic mass is 15.2. The molecule has 1 heterocycles. The summed E-state index contributed by atoms with van der Waals surface area (Å²) in [6, 6.07) is 0. The summed E-state index contributed by atoms with van der Waals surface area (Å²) in [7, 11) is 2.13. The van der Waals surface area contributed by atoms with Crippen molar-refractivity contribution in [1.82, 2.24) is 9.80 Å². The second-order valence-electron chi connectivity index (χ2n) is 3.24. The summed E-state index contributed by atoms with van der Waals surface area (Å²) in [4.78, 5) is 4.54. The number of allylic oxidation sites excluding steroid dienone is 1. The zero-order valence-electron chi connectivity index (χ0n) is 8.11. The SMILES string of the molecule is CN1CCN(C(/C=C\N)=C/N)CC1. The van der Waals surface area contributed by atoms with Gasteiger partial charge in [-0.1, -0.05) is 0 Å². The van der Waals surface area contributed by atoms with Crippen LogP contribution in [0.2, 0.25) is 0 Å². The fraction of sp³-hybridized carbons (Fsp3) is 0.556. The van der Waals surface area contributed by atoms with Crippen LogP contribution in [0.4, 0.5) is 0 Å². The van der Waals surface area contributed by atoms with Gasteiger partial charge < -0.3 is 21.3 Å². The van der Waals surface area contributed by atoms with Gasteiger partial charge in [0.2, 0.25) is 0 Å². The molecule has 0 spiro atoms. The number of likely N-dealkylation sites (N-methyl/N-ethyl adjacent to an activating group) is 1. The quantitative estimate of drug-likeness (QED) is 0.566. The van der Waals surface area contributed by atoms with Gasteiger partial charge in [0.05, 0.1) is 5.70 Å². The van der Waals surface area contributed by atoms with Gasteiger partial charge in [-0.3, -0.25) is 0 Å². The maximum absolute atomic E-state index is 5.50. The summed E-state index contributed by atoms with van der Waals surface area (Å²) in [6.07, 6.45) is 4.97. The van der Waals surface area contributed by atoms with Crippen molar-refractivity contribution < 1.29 is 0 Å². The van der Waals surface area contributed by atoms with Crippen molar-refractivity contribution in [2.45, 2.75) is 0 Å². The van der Waals surface area contributed by atoms with Crippen molar-refractivity contribution in [2.75, 3.05) is 33.2 Å². The standard InChI is InChI=1S/C9H18N4/c1-12-4-6-13(7-5-12)9(8-11)2-3-10/h2-3,8H,4-7,10-11H2,1H3/b3-2-,9-8+. The Morgan fingerprint density at radius 3 is 2.23 bits per heavy atom. The summed E-state index contributed by atoms with van der Waals surface area (Å²) >= 11 is 0. The first-order valence-corrected chi connectivity index (χ1v) is 4.51. The molecule has 1 fully saturated rings. The largest absolute Gasteiger partial charge is 0.405 e. The number of nitrogens with zero attached hydrogens (tertiary/aromatic N) is 2. The molecule has 0 bridgehead atoms. The van der Waals surface area contributed by atoms with Crippen molar-refractivity contribution in [1.29, 1.82) is 0 Å². The lowest BCUT2D eigenvalue weighted by Crippen LogP contribution is -2.43. The first-order valence-electron chi connectivity index (χ1n) is 4.51. The van der Waals surface area contributed by atoms with Gasteiger partial charge in [0.25, 0.3) is 0 Å². The second-order valence-corrected chi connectivity index (χ2v) is 3.24. The van der Waals surface area contributed by atoms with Gasteiger partial charge in [0, 0.05) is 32.4 Å². The molecule has 1 rings (SSSR count). The molecule has 13 heavy (non-hydrogen) atoms. The average molecular weight is 182 g/mol. The Morgan fingerprint density at radius 2 is 1.77 bits per heavy atom. The number of nitrogens with two attached hydrogens (primary N) is 2. The van der Waals surface area contributed by atoms with E-state index in [1.807, 2.05) is 6.08 Å². The molecule has 1 aliphatic heterocycles. The first kappa shape index (κ1) is 9.92. The molecule has 0 amide bonds. The van der Waals surface area contributed by atoms with Crippen LogP contribution in [0.3, 0.4) is 0 Å². The van der Waals surface area contributed by atoms with E-state index in [4.69, 9.17) is 11.5 Å². The predicted molar refractivity (Wildman–Crippen MR) is 54.7 cm³/mol. The monoisotopic (exact) mass is 182 g/mol. The van der Waals surface area contributed by atoms with E-state index in [2.05, 4.69) is 16.8 Å². The van der Waals surface area contributed by atoms with Crippen LogP contribution in [0.15, 0.2) is 24.2 Å². The minimum Gasteiger partial charge on any atom is -0.405 e. The summed E-state index contributed by atoms with van der Waals surface area (Å²) in [5.41, 5.74) is 11.8. The van der Waals surface area contributed by atoms with Gasteiger partial charge >= 0.3 is 0 Å². The van der Waals surface area contributed by atoms with Gasteiger partial charge in [-0.25, -0.2) is 0 Å². The van der Waals surface area contributed by atoms with Crippen LogP contribution >= 0.6 is 0 Å². The number of hydrogen-bond donors (Lipinski definition) is 2. The van der Waals surface area contributed by atoms with E-state index in [1.54, 1.807) is 6.20 Å². The third-order valence-corrected chi connectivity index (χ3v) is 2.31. The number of piperazine rings is 1. The maximum atomic E-state index is 5.50. The molecular formula is C9H18N4. The highest BCUT2D eigenvalue weighted by molar-refractivity contribution is 5.16. The smallest absolute Gasteiger partial charge is 0.0539 e. The van der Waals surface area contributed by atoms with Crippen LogP contribution in [-0.2, 0) is 0 Å². The third-order valence-electron chi connectivity index (χ3n) is 2.31. The van der Waals surface area contributed by atoms with Crippen LogP contribution in [0.5, 0.6) is 0 Å². The van der Waals surface area contributed by atoms with E-state index in [-0.39, 0.29) is 0 Å². The third kappa shape index (κ3) is 2.66. The fourth-order valence-electron chi connectivity index (χ4n) is 1.43. The lowest BCUT2D eigenvalue weighted by atomic mass is 10.3. The first-order chi connectivity index (χ1) is 6.27. The van der Waals surface area contributed by atoms with E-state index in [9.17, 15) is 0 Å². The highest BCUT2D eigenvalue weighted by Crippen LogP contribution is 2.08. The lowest BCUT2D eigenvalue weighted by molar-refractivity contribution is 0.190. The summed E-state index contributed by atoms with van der Waals surface area (Å²) < 4.78 is 0. The normalized spacial score (nSPS) is 21.3. The maximum Gasteiger partial charge on any atom is 0.0539 e. The van der Waals surface area contributed by atoms with E-state index >= 15 is 0 Å². The number of rotatable bonds is 2. The van der Waals surface area contributed by atoms with Gasteiger partial charge in [-0.05, 0) is 19.3 Å². The Bertz CT molecular complexity index is 202. The Kier molecular flexibility index (Phi) is 3.64. The Morgan fingerprint density at radius 1 is 1.15 bits per heavy atom. The van der Waals surface area contributed by atoms with Crippen molar-refractivity contribution in [3.63, 3.8) is 0 Å². The lowest BCUT2D eigenvalue weighted by Gasteiger charge is -2.34. The predicted octanol–water partition coefficient (Wildman–Crippen LogP) is -0.494. The van der Waals surface area contributed by atoms with Crippen LogP contribution in [0.1, 0.15) is 0 Å². The van der Waals surface area contributed by atoms with Crippen LogP contribution in [0, 0.1) is 0 Å². The van der Waals surface area contributed by atoms with E-state index < -0.39 is 0 Å². The van der Waals surface area contributed by atoms with Crippen LogP contribution in [0.25, 0.3) is 0 Å². The minimum absolute atomic E-state index is 1.01. The van der Waals surface area contributed by atoms with Gasteiger partial charge in [0.15, 0.2) is 0 Å². The van der Waals surface area contributed by atoms with Crippen molar-refractivity contribution in [3.8, 4) is 0 Å². The molecule has 0 aromatic heterocycles. The molecule has 0 aromatic carbocycles. The molecule has 4 N–H and O–H groups in total. The topological polar surface area (TPSA) is 58.5 Å². The Balaban J connectivity index is 2.52. The van der Waals surface area contributed by atoms with Crippen molar-refractivity contribution in [3.05, 3.63) is 24.2 Å². The van der Waals surface area contributed by atoms with E-state index in [0.29, 0.717) is 0 Å². The number of hydrogen-bond acceptors (Lipinski definition) is 4. The molecule has 0 aliphatic carbocycles. The molecule has 0 radical (unpaired) electrons. The molecule has 1 saturated heterocycles. The molecule has 0 unspecified atom stereocenters. The fourth-order valence-corrected chi connectivity index (χ4v) is 1.43. The van der Waals surface area contributed by atoms with E-state index in [1.165, 1.54) is 6.20 Å². The van der Waals surface area contributed by atoms with Crippen molar-refractivity contribution >= 4 is 0 Å². The molecule has 74 valence electrons. The van der Waals surface area contributed by atoms with Gasteiger partial charge in [-0.15, -0.1) is 0 Å². The van der Waals surface area contributed by atoms with Crippen molar-refractivity contribution in [2.24, 2.45) is 11.5 Å².